The Morgan fingerprint density at radius 2 is 1.43 bits per heavy atom. The molecule has 10 nitrogen and oxygen atoms in total. The lowest BCUT2D eigenvalue weighted by Gasteiger charge is -2.26. The third-order valence-electron chi connectivity index (χ3n) is 5.23. The minimum absolute atomic E-state index is 0.0892. The molecule has 0 bridgehead atoms. The van der Waals surface area contributed by atoms with E-state index in [1.807, 2.05) is 65.0 Å². The summed E-state index contributed by atoms with van der Waals surface area (Å²) in [4.78, 5) is 49.7. The number of unbranched alkanes of at least 4 members (excludes halogenated alkanes) is 1. The van der Waals surface area contributed by atoms with Gasteiger partial charge in [0.2, 0.25) is 11.8 Å². The Morgan fingerprint density at radius 3 is 1.92 bits per heavy atom. The molecule has 1 aromatic carbocycles. The maximum atomic E-state index is 13.1. The number of hydrogen-bond acceptors (Lipinski definition) is 7. The molecule has 0 saturated carbocycles. The predicted molar refractivity (Wildman–Crippen MR) is 143 cm³/mol. The van der Waals surface area contributed by atoms with Gasteiger partial charge in [-0.25, -0.2) is 4.79 Å². The van der Waals surface area contributed by atoms with Crippen LogP contribution in [-0.2, 0) is 25.7 Å². The fraction of sp³-hybridized carbons (Fsp3) is 0.615. The summed E-state index contributed by atoms with van der Waals surface area (Å²) in [5.74, 6) is -0.600. The number of ether oxygens (including phenoxy) is 1. The lowest BCUT2D eigenvalue weighted by Crippen LogP contribution is -2.55. The van der Waals surface area contributed by atoms with Gasteiger partial charge in [-0.3, -0.25) is 9.59 Å². The summed E-state index contributed by atoms with van der Waals surface area (Å²) in [6.45, 7) is 9.89. The SMILES string of the molecule is CCCCC(C=O)NC(=O)C(CC(C)C)NC(=O)C(CC(C)C)NC(=O)OCc1ccccc1.OBO. The Labute approximate surface area is 221 Å². The molecule has 3 unspecified atom stereocenters. The van der Waals surface area contributed by atoms with Gasteiger partial charge >= 0.3 is 13.8 Å². The van der Waals surface area contributed by atoms with Crippen molar-refractivity contribution in [3.05, 3.63) is 35.9 Å². The fourth-order valence-electron chi connectivity index (χ4n) is 3.47. The summed E-state index contributed by atoms with van der Waals surface area (Å²) in [5.41, 5.74) is 0.837. The van der Waals surface area contributed by atoms with Crippen LogP contribution < -0.4 is 16.0 Å². The van der Waals surface area contributed by atoms with Crippen LogP contribution >= 0.6 is 0 Å². The molecule has 0 spiro atoms. The van der Waals surface area contributed by atoms with Gasteiger partial charge in [0, 0.05) is 0 Å². The normalized spacial score (nSPS) is 12.9. The van der Waals surface area contributed by atoms with E-state index in [0.717, 1.165) is 24.7 Å². The predicted octanol–water partition coefficient (Wildman–Crippen LogP) is 1.97. The van der Waals surface area contributed by atoms with E-state index in [1.165, 1.54) is 0 Å². The maximum Gasteiger partial charge on any atom is 0.432 e. The highest BCUT2D eigenvalue weighted by Crippen LogP contribution is 2.10. The van der Waals surface area contributed by atoms with Gasteiger partial charge in [-0.2, -0.15) is 0 Å². The first-order chi connectivity index (χ1) is 17.6. The molecule has 0 saturated heterocycles. The summed E-state index contributed by atoms with van der Waals surface area (Å²) in [6, 6.07) is 7.00. The van der Waals surface area contributed by atoms with Gasteiger partial charge in [0.05, 0.1) is 6.04 Å². The van der Waals surface area contributed by atoms with E-state index in [0.29, 0.717) is 19.3 Å². The Bertz CT molecular complexity index is 794. The van der Waals surface area contributed by atoms with Crippen LogP contribution in [-0.4, -0.2) is 60.1 Å². The maximum absolute atomic E-state index is 13.1. The minimum Gasteiger partial charge on any atom is -0.445 e. The Balaban J connectivity index is 0.00000410. The average Bonchev–Trinajstić information content (AvgIpc) is 2.84. The number of nitrogens with one attached hydrogen (secondary N) is 3. The van der Waals surface area contributed by atoms with Crippen molar-refractivity contribution < 1.29 is 34.0 Å². The minimum atomic E-state index is -0.854. The van der Waals surface area contributed by atoms with Crippen molar-refractivity contribution in [2.75, 3.05) is 0 Å². The number of amides is 3. The molecule has 0 aliphatic heterocycles. The molecule has 5 N–H and O–H groups in total. The molecule has 1 aromatic rings. The van der Waals surface area contributed by atoms with Crippen LogP contribution in [0, 0.1) is 11.8 Å². The van der Waals surface area contributed by atoms with Crippen LogP contribution in [0.15, 0.2) is 30.3 Å². The third-order valence-corrected chi connectivity index (χ3v) is 5.23. The largest absolute Gasteiger partial charge is 0.445 e. The first kappa shape index (κ1) is 34.1. The van der Waals surface area contributed by atoms with Crippen LogP contribution in [0.1, 0.15) is 72.3 Å². The second-order valence-corrected chi connectivity index (χ2v) is 9.61. The second kappa shape index (κ2) is 20.2. The molecule has 0 aliphatic rings. The van der Waals surface area contributed by atoms with Gasteiger partial charge in [0.15, 0.2) is 0 Å². The molecule has 11 heteroatoms. The quantitative estimate of drug-likeness (QED) is 0.175. The van der Waals surface area contributed by atoms with Gasteiger partial charge in [-0.15, -0.1) is 0 Å². The summed E-state index contributed by atoms with van der Waals surface area (Å²) in [6.07, 6.45) is 3.10. The van der Waals surface area contributed by atoms with Gasteiger partial charge < -0.3 is 35.5 Å². The van der Waals surface area contributed by atoms with E-state index >= 15 is 0 Å². The van der Waals surface area contributed by atoms with Crippen molar-refractivity contribution in [2.45, 2.75) is 91.5 Å². The molecule has 0 heterocycles. The molecule has 0 radical (unpaired) electrons. The first-order valence-corrected chi connectivity index (χ1v) is 12.8. The van der Waals surface area contributed by atoms with Crippen LogP contribution in [0.25, 0.3) is 0 Å². The van der Waals surface area contributed by atoms with Crippen molar-refractivity contribution in [1.82, 2.24) is 16.0 Å². The van der Waals surface area contributed by atoms with Crippen LogP contribution in [0.3, 0.4) is 0 Å². The van der Waals surface area contributed by atoms with E-state index in [2.05, 4.69) is 16.0 Å². The zero-order chi connectivity index (χ0) is 28.2. The fourth-order valence-corrected chi connectivity index (χ4v) is 3.47. The van der Waals surface area contributed by atoms with Crippen molar-refractivity contribution in [3.63, 3.8) is 0 Å². The standard InChI is InChI=1S/C26H41N3O5.BH3O2/c1-6-7-13-21(16-30)27-24(31)22(14-18(2)3)28-25(32)23(15-19(4)5)29-26(33)34-17-20-11-9-8-10-12-20;2-1-3/h8-12,16,18-19,21-23H,6-7,13-15,17H2,1-5H3,(H,27,31)(H,28,32)(H,29,33);1-3H. The monoisotopic (exact) mass is 521 g/mol. The van der Waals surface area contributed by atoms with Crippen LogP contribution in [0.2, 0.25) is 0 Å². The Morgan fingerprint density at radius 1 is 0.919 bits per heavy atom. The van der Waals surface area contributed by atoms with Gasteiger partial charge in [0.1, 0.15) is 25.0 Å². The number of carbonyl (C=O) groups excluding carboxylic acids is 4. The molecular weight excluding hydrogens is 477 g/mol. The van der Waals surface area contributed by atoms with Gasteiger partial charge in [-0.05, 0) is 36.7 Å². The molecule has 0 aromatic heterocycles. The number of aldehydes is 1. The van der Waals surface area contributed by atoms with Gasteiger partial charge in [-0.1, -0.05) is 77.8 Å². The number of hydrogen-bond donors (Lipinski definition) is 5. The number of benzene rings is 1. The van der Waals surface area contributed by atoms with Gasteiger partial charge in [0.25, 0.3) is 0 Å². The van der Waals surface area contributed by atoms with E-state index < -0.39 is 43.7 Å². The Kier molecular flexibility index (Phi) is 18.6. The van der Waals surface area contributed by atoms with E-state index in [1.54, 1.807) is 0 Å². The van der Waals surface area contributed by atoms with Crippen molar-refractivity contribution >= 4 is 31.9 Å². The zero-order valence-electron chi connectivity index (χ0n) is 22.7. The molecule has 3 atom stereocenters. The summed E-state index contributed by atoms with van der Waals surface area (Å²) >= 11 is 0. The highest BCUT2D eigenvalue weighted by Gasteiger charge is 2.29. The highest BCUT2D eigenvalue weighted by atomic mass is 16.5. The highest BCUT2D eigenvalue weighted by molar-refractivity contribution is 6.13. The van der Waals surface area contributed by atoms with Crippen molar-refractivity contribution in [3.8, 4) is 0 Å². The third kappa shape index (κ3) is 16.4. The van der Waals surface area contributed by atoms with E-state index in [9.17, 15) is 19.2 Å². The lowest BCUT2D eigenvalue weighted by atomic mass is 10.00. The molecule has 1 rings (SSSR count). The summed E-state index contributed by atoms with van der Waals surface area (Å²) < 4.78 is 5.26. The Hall–Kier alpha value is -2.92. The first-order valence-electron chi connectivity index (χ1n) is 12.8. The van der Waals surface area contributed by atoms with Crippen molar-refractivity contribution in [1.29, 1.82) is 0 Å². The summed E-state index contributed by atoms with van der Waals surface area (Å²) in [5, 5.41) is 22.4. The molecule has 208 valence electrons. The van der Waals surface area contributed by atoms with Crippen LogP contribution in [0.4, 0.5) is 4.79 Å². The number of carbonyl (C=O) groups is 4. The molecule has 0 fully saturated rings. The topological polar surface area (TPSA) is 154 Å². The lowest BCUT2D eigenvalue weighted by molar-refractivity contribution is -0.131. The number of alkyl carbamates (subject to hydrolysis) is 1. The molecule has 0 aliphatic carbocycles. The smallest absolute Gasteiger partial charge is 0.432 e. The van der Waals surface area contributed by atoms with E-state index in [4.69, 9.17) is 14.8 Å². The van der Waals surface area contributed by atoms with Crippen LogP contribution in [0.5, 0.6) is 0 Å². The zero-order valence-corrected chi connectivity index (χ0v) is 22.7. The average molecular weight is 521 g/mol. The molecule has 3 amide bonds. The molecule has 37 heavy (non-hydrogen) atoms. The molecular formula is C26H44BN3O7. The second-order valence-electron chi connectivity index (χ2n) is 9.61. The van der Waals surface area contributed by atoms with Crippen molar-refractivity contribution in [2.24, 2.45) is 11.8 Å². The number of rotatable bonds is 15. The van der Waals surface area contributed by atoms with E-state index in [-0.39, 0.29) is 18.4 Å². The summed E-state index contributed by atoms with van der Waals surface area (Å²) in [7, 11) is -0.750.